The molecular weight excluding hydrogens is 384 g/mol. The van der Waals surface area contributed by atoms with E-state index in [9.17, 15) is 23.5 Å². The molecule has 1 unspecified atom stereocenters. The molecule has 1 atom stereocenters. The molecule has 2 heterocycles. The maximum atomic E-state index is 13.7. The summed E-state index contributed by atoms with van der Waals surface area (Å²) in [6.45, 7) is 1.91. The zero-order valence-corrected chi connectivity index (χ0v) is 16.0. The van der Waals surface area contributed by atoms with Gasteiger partial charge >= 0.3 is 5.97 Å². The molecule has 3 rings (SSSR count). The van der Waals surface area contributed by atoms with Crippen molar-refractivity contribution in [3.63, 3.8) is 0 Å². The molecule has 10 heteroatoms. The fraction of sp³-hybridized carbons (Fsp3) is 0.368. The number of halogens is 2. The van der Waals surface area contributed by atoms with Gasteiger partial charge in [0.2, 0.25) is 0 Å². The number of nitrogens with zero attached hydrogens (tertiary/aromatic N) is 4. The van der Waals surface area contributed by atoms with Crippen LogP contribution in [0.1, 0.15) is 43.0 Å². The van der Waals surface area contributed by atoms with Gasteiger partial charge in [-0.1, -0.05) is 13.3 Å². The Bertz CT molecular complexity index is 961. The lowest BCUT2D eigenvalue weighted by Gasteiger charge is -2.42. The monoisotopic (exact) mass is 405 g/mol. The first-order valence-corrected chi connectivity index (χ1v) is 9.12. The van der Waals surface area contributed by atoms with E-state index in [4.69, 9.17) is 0 Å². The maximum absolute atomic E-state index is 13.7. The molecule has 1 amide bonds. The minimum absolute atomic E-state index is 0.297. The molecule has 0 spiro atoms. The normalized spacial score (nSPS) is 19.0. The molecule has 2 N–H and O–H groups in total. The Morgan fingerprint density at radius 1 is 1.31 bits per heavy atom. The summed E-state index contributed by atoms with van der Waals surface area (Å²) >= 11 is 0. The van der Waals surface area contributed by atoms with Crippen molar-refractivity contribution in [3.8, 4) is 0 Å². The highest BCUT2D eigenvalue weighted by molar-refractivity contribution is 6.04. The standard InChI is InChI=1S/C19H21F2N5O3/c1-3-5-19(6-4-16(24-25(19)2)26-8-7-22-11-26)18(29)23-15-10-14(21)13(20)9-12(15)17(27)28/h7-11H,3-6H2,1-2H3,(H,23,29)(H,27,28). The van der Waals surface area contributed by atoms with Gasteiger partial charge in [-0.15, -0.1) is 0 Å². The predicted octanol–water partition coefficient (Wildman–Crippen LogP) is 2.92. The quantitative estimate of drug-likeness (QED) is 0.797. The topological polar surface area (TPSA) is 99.8 Å². The number of carbonyl (C=O) groups excluding carboxylic acids is 1. The van der Waals surface area contributed by atoms with Crippen molar-refractivity contribution >= 4 is 23.4 Å². The summed E-state index contributed by atoms with van der Waals surface area (Å²) in [5.74, 6) is -3.83. The van der Waals surface area contributed by atoms with Crippen molar-refractivity contribution in [2.75, 3.05) is 12.4 Å². The third kappa shape index (κ3) is 3.82. The molecule has 1 aliphatic heterocycles. The molecule has 0 fully saturated rings. The van der Waals surface area contributed by atoms with E-state index in [0.717, 1.165) is 0 Å². The first kappa shape index (κ1) is 20.4. The second kappa shape index (κ2) is 7.98. The number of aromatic nitrogens is 2. The first-order valence-electron chi connectivity index (χ1n) is 9.12. The number of hydrogen-bond donors (Lipinski definition) is 2. The summed E-state index contributed by atoms with van der Waals surface area (Å²) in [7, 11) is 1.66. The molecule has 154 valence electrons. The van der Waals surface area contributed by atoms with Crippen LogP contribution in [0, 0.1) is 11.6 Å². The molecule has 0 bridgehead atoms. The SMILES string of the molecule is CCCC1(C(=O)Nc2cc(F)c(F)cc2C(=O)O)CCC(n2ccnc2)=NN1C. The van der Waals surface area contributed by atoms with E-state index < -0.39 is 34.6 Å². The number of hydrogen-bond acceptors (Lipinski definition) is 5. The molecule has 8 nitrogen and oxygen atoms in total. The predicted molar refractivity (Wildman–Crippen MR) is 102 cm³/mol. The molecule has 0 saturated carbocycles. The van der Waals surface area contributed by atoms with E-state index >= 15 is 0 Å². The summed E-state index contributed by atoms with van der Waals surface area (Å²) in [5.41, 5.74) is -1.88. The number of likely N-dealkylation sites (N-methyl/N-ethyl adjacent to an activating group) is 1. The number of carboxylic acids is 1. The van der Waals surface area contributed by atoms with E-state index in [0.29, 0.717) is 43.7 Å². The van der Waals surface area contributed by atoms with Gasteiger partial charge in [0.15, 0.2) is 11.6 Å². The number of imidazole rings is 1. The van der Waals surface area contributed by atoms with E-state index in [1.807, 2.05) is 6.92 Å². The molecule has 1 aromatic heterocycles. The van der Waals surface area contributed by atoms with Gasteiger partial charge in [0.05, 0.1) is 11.3 Å². The van der Waals surface area contributed by atoms with Crippen LogP contribution in [0.2, 0.25) is 0 Å². The molecule has 29 heavy (non-hydrogen) atoms. The maximum Gasteiger partial charge on any atom is 0.337 e. The van der Waals surface area contributed by atoms with Gasteiger partial charge in [-0.3, -0.25) is 14.4 Å². The Morgan fingerprint density at radius 2 is 2.03 bits per heavy atom. The average molecular weight is 405 g/mol. The average Bonchev–Trinajstić information content (AvgIpc) is 3.20. The molecule has 0 radical (unpaired) electrons. The summed E-state index contributed by atoms with van der Waals surface area (Å²) < 4.78 is 28.9. The third-order valence-electron chi connectivity index (χ3n) is 5.07. The van der Waals surface area contributed by atoms with Crippen molar-refractivity contribution in [1.29, 1.82) is 0 Å². The van der Waals surface area contributed by atoms with Gasteiger partial charge in [-0.25, -0.2) is 18.6 Å². The Morgan fingerprint density at radius 3 is 2.62 bits per heavy atom. The van der Waals surface area contributed by atoms with Crippen LogP contribution < -0.4 is 5.32 Å². The Labute approximate surface area is 165 Å². The van der Waals surface area contributed by atoms with E-state index in [-0.39, 0.29) is 5.69 Å². The largest absolute Gasteiger partial charge is 0.478 e. The lowest BCUT2D eigenvalue weighted by Crippen LogP contribution is -2.56. The number of carboxylic acid groups (broad SMARTS) is 1. The van der Waals surface area contributed by atoms with Crippen LogP contribution in [-0.4, -0.2) is 50.0 Å². The fourth-order valence-electron chi connectivity index (χ4n) is 3.53. The first-order chi connectivity index (χ1) is 13.8. The van der Waals surface area contributed by atoms with Crippen LogP contribution in [-0.2, 0) is 4.79 Å². The molecule has 0 aliphatic carbocycles. The summed E-state index contributed by atoms with van der Waals surface area (Å²) in [6.07, 6.45) is 6.99. The molecule has 1 aliphatic rings. The van der Waals surface area contributed by atoms with E-state index in [2.05, 4.69) is 15.4 Å². The summed E-state index contributed by atoms with van der Waals surface area (Å²) in [6, 6.07) is 1.24. The lowest BCUT2D eigenvalue weighted by molar-refractivity contribution is -0.129. The number of amides is 1. The number of nitrogens with one attached hydrogen (secondary N) is 1. The second-order valence-corrected chi connectivity index (χ2v) is 6.86. The molecule has 2 aromatic rings. The summed E-state index contributed by atoms with van der Waals surface area (Å²) in [4.78, 5) is 28.6. The Kier molecular flexibility index (Phi) is 5.62. The molecule has 0 saturated heterocycles. The highest BCUT2D eigenvalue weighted by Gasteiger charge is 2.44. The van der Waals surface area contributed by atoms with Crippen LogP contribution in [0.5, 0.6) is 0 Å². The zero-order chi connectivity index (χ0) is 21.2. The van der Waals surface area contributed by atoms with Crippen LogP contribution >= 0.6 is 0 Å². The van der Waals surface area contributed by atoms with Gasteiger partial charge in [-0.2, -0.15) is 5.10 Å². The smallest absolute Gasteiger partial charge is 0.337 e. The van der Waals surface area contributed by atoms with Gasteiger partial charge in [0, 0.05) is 31.9 Å². The number of benzene rings is 1. The van der Waals surface area contributed by atoms with E-state index in [1.54, 1.807) is 35.3 Å². The Hall–Kier alpha value is -3.30. The van der Waals surface area contributed by atoms with Gasteiger partial charge < -0.3 is 10.4 Å². The van der Waals surface area contributed by atoms with Crippen LogP contribution in [0.3, 0.4) is 0 Å². The molecular formula is C19H21F2N5O3. The zero-order valence-electron chi connectivity index (χ0n) is 16.0. The van der Waals surface area contributed by atoms with Gasteiger partial charge in [0.1, 0.15) is 17.7 Å². The number of hydrazone groups is 1. The van der Waals surface area contributed by atoms with Crippen molar-refractivity contribution in [3.05, 3.63) is 48.1 Å². The number of aromatic carboxylic acids is 1. The van der Waals surface area contributed by atoms with Crippen molar-refractivity contribution < 1.29 is 23.5 Å². The van der Waals surface area contributed by atoms with Crippen molar-refractivity contribution in [1.82, 2.24) is 14.6 Å². The highest BCUT2D eigenvalue weighted by atomic mass is 19.2. The van der Waals surface area contributed by atoms with Crippen LogP contribution in [0.4, 0.5) is 14.5 Å². The minimum Gasteiger partial charge on any atom is -0.478 e. The summed E-state index contributed by atoms with van der Waals surface area (Å²) in [5, 5.41) is 17.8. The van der Waals surface area contributed by atoms with Crippen LogP contribution in [0.15, 0.2) is 36.0 Å². The second-order valence-electron chi connectivity index (χ2n) is 6.86. The van der Waals surface area contributed by atoms with Gasteiger partial charge in [-0.05, 0) is 18.9 Å². The number of anilines is 1. The third-order valence-corrected chi connectivity index (χ3v) is 5.07. The van der Waals surface area contributed by atoms with Crippen molar-refractivity contribution in [2.45, 2.75) is 38.1 Å². The van der Waals surface area contributed by atoms with E-state index in [1.165, 1.54) is 0 Å². The fourth-order valence-corrected chi connectivity index (χ4v) is 3.53. The highest BCUT2D eigenvalue weighted by Crippen LogP contribution is 2.33. The van der Waals surface area contributed by atoms with Crippen molar-refractivity contribution in [2.24, 2.45) is 5.10 Å². The Balaban J connectivity index is 1.94. The minimum atomic E-state index is -1.47. The molecule has 1 aromatic carbocycles. The van der Waals surface area contributed by atoms with Gasteiger partial charge in [0.25, 0.3) is 5.91 Å². The number of carbonyl (C=O) groups is 2. The number of rotatable bonds is 5. The van der Waals surface area contributed by atoms with Crippen LogP contribution in [0.25, 0.3) is 0 Å². The lowest BCUT2D eigenvalue weighted by atomic mass is 9.85.